The fraction of sp³-hybridized carbons (Fsp3) is 0.333. The summed E-state index contributed by atoms with van der Waals surface area (Å²) in [5.41, 5.74) is 0. The monoisotopic (exact) mass is 274 g/mol. The summed E-state index contributed by atoms with van der Waals surface area (Å²) in [4.78, 5) is 10.5. The second-order valence-electron chi connectivity index (χ2n) is 3.33. The molecule has 1 aromatic rings. The summed E-state index contributed by atoms with van der Waals surface area (Å²) < 4.78 is 25.6. The Morgan fingerprint density at radius 2 is 2.35 bits per heavy atom. The molecule has 1 rings (SSSR count). The van der Waals surface area contributed by atoms with Crippen LogP contribution in [-0.4, -0.2) is 26.0 Å². The van der Waals surface area contributed by atoms with Gasteiger partial charge in [0.25, 0.3) is 0 Å². The topological polar surface area (TPSA) is 107 Å². The van der Waals surface area contributed by atoms with E-state index in [1.54, 1.807) is 6.92 Å². The molecule has 1 atom stereocenters. The number of hydrogen-bond acceptors (Lipinski definition) is 5. The van der Waals surface area contributed by atoms with Gasteiger partial charge in [-0.25, -0.2) is 17.9 Å². The molecule has 8 heteroatoms. The van der Waals surface area contributed by atoms with E-state index in [0.29, 0.717) is 0 Å². The van der Waals surface area contributed by atoms with Gasteiger partial charge in [0.05, 0.1) is 16.9 Å². The lowest BCUT2D eigenvalue weighted by Crippen LogP contribution is -2.27. The number of sulfonamides is 1. The molecule has 0 saturated heterocycles. The molecule has 0 bridgehead atoms. The number of nitrogens with zero attached hydrogens (tertiary/aromatic N) is 1. The smallest absolute Gasteiger partial charge is 0.345 e. The molecular weight excluding hydrogens is 264 g/mol. The highest BCUT2D eigenvalue weighted by atomic mass is 32.2. The van der Waals surface area contributed by atoms with Crippen LogP contribution in [0.15, 0.2) is 16.3 Å². The van der Waals surface area contributed by atoms with E-state index in [-0.39, 0.29) is 16.3 Å². The van der Waals surface area contributed by atoms with Crippen molar-refractivity contribution in [3.63, 3.8) is 0 Å². The van der Waals surface area contributed by atoms with Crippen LogP contribution in [0.4, 0.5) is 0 Å². The molecule has 2 N–H and O–H groups in total. The molecule has 0 aliphatic rings. The molecule has 6 nitrogen and oxygen atoms in total. The van der Waals surface area contributed by atoms with E-state index in [1.165, 1.54) is 5.38 Å². The molecule has 0 saturated carbocycles. The first kappa shape index (κ1) is 13.6. The summed E-state index contributed by atoms with van der Waals surface area (Å²) in [6, 6.07) is 2.98. The van der Waals surface area contributed by atoms with Crippen molar-refractivity contribution < 1.29 is 18.3 Å². The van der Waals surface area contributed by atoms with Gasteiger partial charge in [0.15, 0.2) is 0 Å². The van der Waals surface area contributed by atoms with Gasteiger partial charge in [-0.05, 0) is 13.0 Å². The van der Waals surface area contributed by atoms with Gasteiger partial charge < -0.3 is 5.11 Å². The fourth-order valence-corrected chi connectivity index (χ4v) is 3.18. The van der Waals surface area contributed by atoms with Crippen LogP contribution in [0.25, 0.3) is 0 Å². The highest BCUT2D eigenvalue weighted by Gasteiger charge is 2.18. The van der Waals surface area contributed by atoms with Crippen LogP contribution in [-0.2, 0) is 10.0 Å². The van der Waals surface area contributed by atoms with Gasteiger partial charge in [-0.15, -0.1) is 11.3 Å². The first-order valence-electron chi connectivity index (χ1n) is 4.58. The van der Waals surface area contributed by atoms with Crippen LogP contribution < -0.4 is 4.72 Å². The number of thiophene rings is 1. The molecule has 0 aliphatic carbocycles. The number of carbonyl (C=O) groups is 1. The zero-order valence-corrected chi connectivity index (χ0v) is 10.5. The third-order valence-electron chi connectivity index (χ3n) is 1.90. The van der Waals surface area contributed by atoms with Gasteiger partial charge in [0.1, 0.15) is 4.88 Å². The van der Waals surface area contributed by atoms with E-state index in [0.717, 1.165) is 17.4 Å². The number of nitriles is 1. The Hall–Kier alpha value is -1.43. The average molecular weight is 274 g/mol. The lowest BCUT2D eigenvalue weighted by atomic mass is 10.2. The number of carboxylic acids is 1. The minimum Gasteiger partial charge on any atom is -0.477 e. The predicted octanol–water partition coefficient (Wildman–Crippen LogP) is 0.884. The zero-order chi connectivity index (χ0) is 13.1. The van der Waals surface area contributed by atoms with Crippen LogP contribution in [0.1, 0.15) is 16.6 Å². The Kier molecular flexibility index (Phi) is 4.22. The van der Waals surface area contributed by atoms with Gasteiger partial charge in [-0.1, -0.05) is 0 Å². The lowest BCUT2D eigenvalue weighted by Gasteiger charge is -2.05. The second-order valence-corrected chi connectivity index (χ2v) is 6.01. The van der Waals surface area contributed by atoms with Crippen LogP contribution in [0.3, 0.4) is 0 Å². The van der Waals surface area contributed by atoms with E-state index in [1.807, 2.05) is 6.07 Å². The van der Waals surface area contributed by atoms with Crippen molar-refractivity contribution in [1.29, 1.82) is 5.26 Å². The summed E-state index contributed by atoms with van der Waals surface area (Å²) >= 11 is 0.841. The maximum Gasteiger partial charge on any atom is 0.345 e. The molecule has 1 aromatic heterocycles. The van der Waals surface area contributed by atoms with Gasteiger partial charge >= 0.3 is 5.97 Å². The number of aromatic carboxylic acids is 1. The van der Waals surface area contributed by atoms with Crippen molar-refractivity contribution in [3.05, 3.63) is 16.3 Å². The molecule has 0 radical (unpaired) electrons. The van der Waals surface area contributed by atoms with Crippen molar-refractivity contribution in [3.8, 4) is 6.07 Å². The number of carboxylic acid groups (broad SMARTS) is 1. The van der Waals surface area contributed by atoms with Crippen LogP contribution >= 0.6 is 11.3 Å². The Labute approximate surface area is 103 Å². The molecule has 92 valence electrons. The van der Waals surface area contributed by atoms with E-state index >= 15 is 0 Å². The molecule has 17 heavy (non-hydrogen) atoms. The maximum atomic E-state index is 11.7. The van der Waals surface area contributed by atoms with E-state index in [2.05, 4.69) is 4.72 Å². The quantitative estimate of drug-likeness (QED) is 0.829. The van der Waals surface area contributed by atoms with E-state index < -0.39 is 21.9 Å². The molecular formula is C9H10N2O4S2. The van der Waals surface area contributed by atoms with Gasteiger partial charge in [0, 0.05) is 11.9 Å². The summed E-state index contributed by atoms with van der Waals surface area (Å²) in [5, 5.41) is 18.4. The first-order valence-corrected chi connectivity index (χ1v) is 6.94. The molecule has 0 amide bonds. The van der Waals surface area contributed by atoms with Gasteiger partial charge in [0.2, 0.25) is 10.0 Å². The first-order chi connectivity index (χ1) is 7.86. The Balaban J connectivity index is 2.83. The number of hydrogen-bond donors (Lipinski definition) is 2. The Morgan fingerprint density at radius 3 is 2.82 bits per heavy atom. The summed E-state index contributed by atoms with van der Waals surface area (Å²) in [6.07, 6.45) is 0. The second kappa shape index (κ2) is 5.27. The van der Waals surface area contributed by atoms with Crippen molar-refractivity contribution in [1.82, 2.24) is 4.72 Å². The molecule has 1 heterocycles. The van der Waals surface area contributed by atoms with E-state index in [4.69, 9.17) is 10.4 Å². The number of nitrogens with one attached hydrogen (secondary N) is 1. The molecule has 0 spiro atoms. The van der Waals surface area contributed by atoms with Crippen molar-refractivity contribution in [2.45, 2.75) is 11.8 Å². The third kappa shape index (κ3) is 3.52. The fourth-order valence-electron chi connectivity index (χ4n) is 0.936. The standard InChI is InChI=1S/C9H10N2O4S2/c1-6(3-10)4-11-17(14,15)7-2-8(9(12)13)16-5-7/h2,5-6,11H,4H2,1H3,(H,12,13). The molecule has 0 fully saturated rings. The average Bonchev–Trinajstić information content (AvgIpc) is 2.76. The largest absolute Gasteiger partial charge is 0.477 e. The lowest BCUT2D eigenvalue weighted by molar-refractivity contribution is 0.0702. The van der Waals surface area contributed by atoms with Crippen molar-refractivity contribution >= 4 is 27.3 Å². The third-order valence-corrected chi connectivity index (χ3v) is 4.37. The predicted molar refractivity (Wildman–Crippen MR) is 61.2 cm³/mol. The van der Waals surface area contributed by atoms with Gasteiger partial charge in [-0.3, -0.25) is 0 Å². The summed E-state index contributed by atoms with van der Waals surface area (Å²) in [5.74, 6) is -1.61. The Bertz CT molecular complexity index is 556. The molecule has 0 aliphatic heterocycles. The minimum atomic E-state index is -3.73. The van der Waals surface area contributed by atoms with Crippen LogP contribution in [0, 0.1) is 17.2 Å². The van der Waals surface area contributed by atoms with Crippen molar-refractivity contribution in [2.24, 2.45) is 5.92 Å². The maximum absolute atomic E-state index is 11.7. The van der Waals surface area contributed by atoms with Crippen molar-refractivity contribution in [2.75, 3.05) is 6.54 Å². The number of rotatable bonds is 5. The van der Waals surface area contributed by atoms with Crippen LogP contribution in [0.2, 0.25) is 0 Å². The van der Waals surface area contributed by atoms with Gasteiger partial charge in [-0.2, -0.15) is 5.26 Å². The summed E-state index contributed by atoms with van der Waals surface area (Å²) in [7, 11) is -3.73. The normalized spacial score (nSPS) is 12.9. The molecule has 0 aromatic carbocycles. The molecule has 1 unspecified atom stereocenters. The summed E-state index contributed by atoms with van der Waals surface area (Å²) in [6.45, 7) is 1.58. The zero-order valence-electron chi connectivity index (χ0n) is 8.87. The Morgan fingerprint density at radius 1 is 1.71 bits per heavy atom. The van der Waals surface area contributed by atoms with E-state index in [9.17, 15) is 13.2 Å². The highest BCUT2D eigenvalue weighted by Crippen LogP contribution is 2.19. The van der Waals surface area contributed by atoms with Crippen LogP contribution in [0.5, 0.6) is 0 Å². The SMILES string of the molecule is CC(C#N)CNS(=O)(=O)c1csc(C(=O)O)c1. The highest BCUT2D eigenvalue weighted by molar-refractivity contribution is 7.89. The minimum absolute atomic E-state index is 0.00289.